The maximum absolute atomic E-state index is 11.5. The van der Waals surface area contributed by atoms with Crippen LogP contribution in [-0.2, 0) is 18.1 Å². The Hall–Kier alpha value is -0.233. The monoisotopic (exact) mass is 288 g/mol. The largest absolute Gasteiger partial charge is 0.500 e. The fraction of sp³-hybridized carbons (Fsp3) is 0.929. The van der Waals surface area contributed by atoms with Crippen molar-refractivity contribution in [3.05, 3.63) is 0 Å². The van der Waals surface area contributed by atoms with Crippen molar-refractivity contribution in [2.75, 3.05) is 19.8 Å². The van der Waals surface area contributed by atoms with Gasteiger partial charge in [-0.15, -0.1) is 0 Å². The molecule has 112 valence electrons. The molecule has 5 heteroatoms. The summed E-state index contributed by atoms with van der Waals surface area (Å²) in [4.78, 5) is 11.5. The Morgan fingerprint density at radius 3 is 2.16 bits per heavy atom. The van der Waals surface area contributed by atoms with Crippen LogP contribution >= 0.6 is 0 Å². The molecule has 0 saturated heterocycles. The quantitative estimate of drug-likeness (QED) is 0.611. The number of hydrogen-bond acceptors (Lipinski definition) is 4. The summed E-state index contributed by atoms with van der Waals surface area (Å²) in [7, 11) is -2.51. The Morgan fingerprint density at radius 2 is 1.68 bits per heavy atom. The van der Waals surface area contributed by atoms with Crippen LogP contribution in [0.2, 0.25) is 6.04 Å². The standard InChI is InChI=1S/C14H28O4Si/c1-4-16-19(17-5-2,18-6-3)11-10-13-8-7-9-14(15)12-13/h13H,4-12H2,1-3H3. The number of carbonyl (C=O) groups is 1. The van der Waals surface area contributed by atoms with Gasteiger partial charge in [-0.3, -0.25) is 4.79 Å². The van der Waals surface area contributed by atoms with Crippen molar-refractivity contribution < 1.29 is 18.1 Å². The minimum absolute atomic E-state index is 0.410. The van der Waals surface area contributed by atoms with E-state index in [0.29, 0.717) is 31.5 Å². The average molecular weight is 288 g/mol. The van der Waals surface area contributed by atoms with Crippen LogP contribution in [0.25, 0.3) is 0 Å². The molecule has 0 aliphatic heterocycles. The van der Waals surface area contributed by atoms with Crippen molar-refractivity contribution in [2.45, 2.75) is 58.9 Å². The van der Waals surface area contributed by atoms with Crippen LogP contribution in [-0.4, -0.2) is 34.4 Å². The molecule has 1 fully saturated rings. The van der Waals surface area contributed by atoms with E-state index in [9.17, 15) is 4.79 Å². The molecule has 0 aromatic rings. The lowest BCUT2D eigenvalue weighted by atomic mass is 9.87. The molecule has 0 N–H and O–H groups in total. The van der Waals surface area contributed by atoms with E-state index in [-0.39, 0.29) is 0 Å². The fourth-order valence-corrected chi connectivity index (χ4v) is 5.51. The summed E-state index contributed by atoms with van der Waals surface area (Å²) in [6, 6.07) is 0.834. The number of hydrogen-bond donors (Lipinski definition) is 0. The smallest absolute Gasteiger partial charge is 0.374 e. The molecule has 1 aliphatic carbocycles. The van der Waals surface area contributed by atoms with E-state index in [0.717, 1.165) is 38.1 Å². The SMILES string of the molecule is CCO[Si](CCC1CCCC(=O)C1)(OCC)OCC. The zero-order valence-corrected chi connectivity index (χ0v) is 13.6. The first kappa shape index (κ1) is 16.8. The van der Waals surface area contributed by atoms with Crippen LogP contribution in [0, 0.1) is 5.92 Å². The van der Waals surface area contributed by atoms with Gasteiger partial charge in [0.2, 0.25) is 0 Å². The lowest BCUT2D eigenvalue weighted by Crippen LogP contribution is -2.46. The van der Waals surface area contributed by atoms with Gasteiger partial charge in [0.1, 0.15) is 5.78 Å². The van der Waals surface area contributed by atoms with Crippen molar-refractivity contribution >= 4 is 14.6 Å². The molecule has 0 heterocycles. The van der Waals surface area contributed by atoms with Gasteiger partial charge in [0.25, 0.3) is 0 Å². The number of carbonyl (C=O) groups excluding carboxylic acids is 1. The predicted octanol–water partition coefficient (Wildman–Crippen LogP) is 3.18. The molecule has 0 aromatic carbocycles. The first-order valence-corrected chi connectivity index (χ1v) is 9.52. The second-order valence-corrected chi connectivity index (χ2v) is 7.75. The Bertz CT molecular complexity index is 253. The van der Waals surface area contributed by atoms with Gasteiger partial charge in [0, 0.05) is 38.7 Å². The highest BCUT2D eigenvalue weighted by Crippen LogP contribution is 2.29. The Labute approximate surface area is 118 Å². The van der Waals surface area contributed by atoms with Gasteiger partial charge in [-0.25, -0.2) is 0 Å². The Balaban J connectivity index is 2.52. The van der Waals surface area contributed by atoms with Crippen molar-refractivity contribution in [3.63, 3.8) is 0 Å². The molecule has 1 saturated carbocycles. The molecule has 1 atom stereocenters. The minimum atomic E-state index is -2.51. The Kier molecular flexibility index (Phi) is 7.83. The third kappa shape index (κ3) is 5.73. The second kappa shape index (κ2) is 8.84. The topological polar surface area (TPSA) is 44.8 Å². The van der Waals surface area contributed by atoms with E-state index in [2.05, 4.69) is 0 Å². The highest BCUT2D eigenvalue weighted by molar-refractivity contribution is 6.60. The summed E-state index contributed by atoms with van der Waals surface area (Å²) in [5.74, 6) is 0.905. The molecule has 19 heavy (non-hydrogen) atoms. The summed E-state index contributed by atoms with van der Waals surface area (Å²) in [6.45, 7) is 7.79. The molecule has 1 aliphatic rings. The van der Waals surface area contributed by atoms with E-state index < -0.39 is 8.80 Å². The first-order valence-electron chi connectivity index (χ1n) is 7.59. The van der Waals surface area contributed by atoms with E-state index in [1.165, 1.54) is 0 Å². The molecule has 0 bridgehead atoms. The molecule has 4 nitrogen and oxygen atoms in total. The van der Waals surface area contributed by atoms with Gasteiger partial charge in [0.15, 0.2) is 0 Å². The Morgan fingerprint density at radius 1 is 1.11 bits per heavy atom. The second-order valence-electron chi connectivity index (χ2n) is 5.02. The molecule has 0 radical (unpaired) electrons. The summed E-state index contributed by atoms with van der Waals surface area (Å²) in [5, 5.41) is 0. The third-order valence-electron chi connectivity index (χ3n) is 3.54. The average Bonchev–Trinajstić information content (AvgIpc) is 2.38. The van der Waals surface area contributed by atoms with Gasteiger partial charge in [0.05, 0.1) is 0 Å². The van der Waals surface area contributed by atoms with E-state index in [1.54, 1.807) is 0 Å². The van der Waals surface area contributed by atoms with E-state index >= 15 is 0 Å². The normalized spacial score (nSPS) is 20.8. The predicted molar refractivity (Wildman–Crippen MR) is 77.0 cm³/mol. The molecule has 0 spiro atoms. The third-order valence-corrected chi connectivity index (χ3v) is 6.62. The van der Waals surface area contributed by atoms with Gasteiger partial charge < -0.3 is 13.3 Å². The summed E-state index contributed by atoms with van der Waals surface area (Å²) in [5.41, 5.74) is 0. The summed E-state index contributed by atoms with van der Waals surface area (Å²) < 4.78 is 17.5. The summed E-state index contributed by atoms with van der Waals surface area (Å²) >= 11 is 0. The van der Waals surface area contributed by atoms with Gasteiger partial charge in [-0.2, -0.15) is 0 Å². The molecule has 1 rings (SSSR count). The number of rotatable bonds is 9. The van der Waals surface area contributed by atoms with Gasteiger partial charge >= 0.3 is 8.80 Å². The van der Waals surface area contributed by atoms with Crippen molar-refractivity contribution in [1.82, 2.24) is 0 Å². The zero-order valence-electron chi connectivity index (χ0n) is 12.6. The molecule has 0 amide bonds. The minimum Gasteiger partial charge on any atom is -0.374 e. The highest BCUT2D eigenvalue weighted by Gasteiger charge is 2.40. The van der Waals surface area contributed by atoms with Gasteiger partial charge in [-0.1, -0.05) is 0 Å². The zero-order chi connectivity index (χ0) is 14.1. The van der Waals surface area contributed by atoms with Crippen LogP contribution < -0.4 is 0 Å². The number of ketones is 1. The maximum Gasteiger partial charge on any atom is 0.500 e. The molecule has 0 aromatic heterocycles. The fourth-order valence-electron chi connectivity index (χ4n) is 2.74. The highest BCUT2D eigenvalue weighted by atomic mass is 28.4. The maximum atomic E-state index is 11.5. The van der Waals surface area contributed by atoms with E-state index in [1.807, 2.05) is 20.8 Å². The first-order chi connectivity index (χ1) is 9.15. The van der Waals surface area contributed by atoms with Crippen molar-refractivity contribution in [2.24, 2.45) is 5.92 Å². The van der Waals surface area contributed by atoms with Crippen LogP contribution in [0.3, 0.4) is 0 Å². The van der Waals surface area contributed by atoms with Crippen molar-refractivity contribution in [3.8, 4) is 0 Å². The van der Waals surface area contributed by atoms with Gasteiger partial charge in [-0.05, 0) is 46.0 Å². The molecule has 1 unspecified atom stereocenters. The molecular formula is C14H28O4Si. The lowest BCUT2D eigenvalue weighted by molar-refractivity contribution is -0.121. The van der Waals surface area contributed by atoms with Crippen LogP contribution in [0.15, 0.2) is 0 Å². The van der Waals surface area contributed by atoms with Crippen LogP contribution in [0.1, 0.15) is 52.9 Å². The lowest BCUT2D eigenvalue weighted by Gasteiger charge is -2.30. The molecular weight excluding hydrogens is 260 g/mol. The van der Waals surface area contributed by atoms with Crippen molar-refractivity contribution in [1.29, 1.82) is 0 Å². The van der Waals surface area contributed by atoms with E-state index in [4.69, 9.17) is 13.3 Å². The summed E-state index contributed by atoms with van der Waals surface area (Å²) in [6.07, 6.45) is 4.67. The van der Waals surface area contributed by atoms with Crippen LogP contribution in [0.4, 0.5) is 0 Å². The van der Waals surface area contributed by atoms with Crippen LogP contribution in [0.5, 0.6) is 0 Å². The number of Topliss-reactive ketones (excluding diaryl/α,β-unsaturated/α-hetero) is 1.